The summed E-state index contributed by atoms with van der Waals surface area (Å²) in [5.74, 6) is -1.12. The molecule has 3 aromatic rings. The van der Waals surface area contributed by atoms with Gasteiger partial charge in [-0.1, -0.05) is 13.0 Å². The lowest BCUT2D eigenvalue weighted by Gasteiger charge is -2.40. The first-order chi connectivity index (χ1) is 15.8. The summed E-state index contributed by atoms with van der Waals surface area (Å²) in [4.78, 5) is 23.7. The maximum absolute atomic E-state index is 14.8. The third kappa shape index (κ3) is 4.78. The Morgan fingerprint density at radius 3 is 2.55 bits per heavy atom. The Labute approximate surface area is 186 Å². The molecule has 2 aromatic heterocycles. The van der Waals surface area contributed by atoms with E-state index in [9.17, 15) is 22.4 Å². The highest BCUT2D eigenvalue weighted by atomic mass is 19.4. The van der Waals surface area contributed by atoms with E-state index in [1.165, 1.54) is 29.3 Å². The van der Waals surface area contributed by atoms with Gasteiger partial charge in [-0.2, -0.15) is 28.2 Å². The van der Waals surface area contributed by atoms with Crippen molar-refractivity contribution in [3.05, 3.63) is 59.9 Å². The van der Waals surface area contributed by atoms with Crippen LogP contribution in [0.4, 0.5) is 23.5 Å². The molecule has 8 nitrogen and oxygen atoms in total. The molecule has 1 amide bonds. The molecule has 1 saturated heterocycles. The van der Waals surface area contributed by atoms with Gasteiger partial charge in [0, 0.05) is 25.5 Å². The highest BCUT2D eigenvalue weighted by Gasteiger charge is 2.35. The number of halogens is 4. The SMILES string of the molecule is CC1CCCN(C(=O)c2c(F)cccc2-n2nccn2)[C@@H]1CNc1ncc(C(F)(F)F)cn1. The first kappa shape index (κ1) is 22.6. The molecule has 0 bridgehead atoms. The normalized spacial score (nSPS) is 18.9. The third-order valence-corrected chi connectivity index (χ3v) is 5.66. The molecule has 1 aliphatic heterocycles. The lowest BCUT2D eigenvalue weighted by Crippen LogP contribution is -2.51. The zero-order valence-electron chi connectivity index (χ0n) is 17.6. The number of carbonyl (C=O) groups is 1. The zero-order valence-corrected chi connectivity index (χ0v) is 17.6. The summed E-state index contributed by atoms with van der Waals surface area (Å²) in [7, 11) is 0. The molecule has 4 rings (SSSR count). The molecular weight excluding hydrogens is 442 g/mol. The van der Waals surface area contributed by atoms with Gasteiger partial charge >= 0.3 is 6.18 Å². The minimum absolute atomic E-state index is 0.0143. The number of benzene rings is 1. The van der Waals surface area contributed by atoms with Crippen molar-refractivity contribution in [2.75, 3.05) is 18.4 Å². The standard InChI is InChI=1S/C21H21F4N7O/c1-13-4-3-9-31(17(13)12-28-20-26-10-14(11-27-20)21(23,24)25)19(33)18-15(22)5-2-6-16(18)32-29-7-8-30-32/h2,5-8,10-11,13,17H,3-4,9,12H2,1H3,(H,26,27,28)/t13?,17-/m1/s1. The summed E-state index contributed by atoms with van der Waals surface area (Å²) in [6.45, 7) is 2.57. The Bertz CT molecular complexity index is 1100. The highest BCUT2D eigenvalue weighted by molar-refractivity contribution is 5.98. The van der Waals surface area contributed by atoms with Gasteiger partial charge in [-0.25, -0.2) is 14.4 Å². The summed E-state index contributed by atoms with van der Waals surface area (Å²) < 4.78 is 53.0. The lowest BCUT2D eigenvalue weighted by atomic mass is 9.90. The Morgan fingerprint density at radius 1 is 1.18 bits per heavy atom. The fourth-order valence-corrected chi connectivity index (χ4v) is 3.95. The average Bonchev–Trinajstić information content (AvgIpc) is 3.32. The van der Waals surface area contributed by atoms with E-state index in [2.05, 4.69) is 25.5 Å². The van der Waals surface area contributed by atoms with Crippen molar-refractivity contribution in [1.82, 2.24) is 29.9 Å². The van der Waals surface area contributed by atoms with Crippen molar-refractivity contribution in [2.45, 2.75) is 32.0 Å². The van der Waals surface area contributed by atoms with Gasteiger partial charge in [0.05, 0.1) is 24.0 Å². The monoisotopic (exact) mass is 463 g/mol. The van der Waals surface area contributed by atoms with Gasteiger partial charge in [0.2, 0.25) is 5.95 Å². The molecule has 3 heterocycles. The molecule has 33 heavy (non-hydrogen) atoms. The van der Waals surface area contributed by atoms with Crippen LogP contribution in [0.15, 0.2) is 43.0 Å². The summed E-state index contributed by atoms with van der Waals surface area (Å²) in [5, 5.41) is 10.9. The van der Waals surface area contributed by atoms with Crippen LogP contribution >= 0.6 is 0 Å². The number of nitrogens with one attached hydrogen (secondary N) is 1. The van der Waals surface area contributed by atoms with E-state index in [1.54, 1.807) is 11.0 Å². The van der Waals surface area contributed by atoms with Gasteiger partial charge in [-0.05, 0) is 30.9 Å². The third-order valence-electron chi connectivity index (χ3n) is 5.66. The number of rotatable bonds is 5. The van der Waals surface area contributed by atoms with E-state index < -0.39 is 23.5 Å². The van der Waals surface area contributed by atoms with Crippen LogP contribution in [-0.4, -0.2) is 54.9 Å². The van der Waals surface area contributed by atoms with E-state index >= 15 is 0 Å². The molecule has 174 valence electrons. The fourth-order valence-electron chi connectivity index (χ4n) is 3.95. The summed E-state index contributed by atoms with van der Waals surface area (Å²) in [6.07, 6.45) is 1.31. The lowest BCUT2D eigenvalue weighted by molar-refractivity contribution is -0.138. The Kier molecular flexibility index (Phi) is 6.25. The first-order valence-electron chi connectivity index (χ1n) is 10.3. The Hall–Kier alpha value is -3.57. The number of amides is 1. The molecule has 0 radical (unpaired) electrons. The largest absolute Gasteiger partial charge is 0.419 e. The van der Waals surface area contributed by atoms with Crippen molar-refractivity contribution in [3.8, 4) is 5.69 Å². The van der Waals surface area contributed by atoms with Crippen LogP contribution in [0.3, 0.4) is 0 Å². The molecule has 1 N–H and O–H groups in total. The second-order valence-electron chi connectivity index (χ2n) is 7.81. The van der Waals surface area contributed by atoms with Crippen molar-refractivity contribution in [3.63, 3.8) is 0 Å². The molecule has 1 fully saturated rings. The second-order valence-corrected chi connectivity index (χ2v) is 7.81. The Morgan fingerprint density at radius 2 is 1.88 bits per heavy atom. The smallest absolute Gasteiger partial charge is 0.352 e. The van der Waals surface area contributed by atoms with E-state index in [1.807, 2.05) is 6.92 Å². The number of likely N-dealkylation sites (tertiary alicyclic amines) is 1. The number of nitrogens with zero attached hydrogens (tertiary/aromatic N) is 6. The molecule has 1 unspecified atom stereocenters. The number of anilines is 1. The second kappa shape index (κ2) is 9.12. The van der Waals surface area contributed by atoms with Gasteiger partial charge in [0.25, 0.3) is 5.91 Å². The van der Waals surface area contributed by atoms with Gasteiger partial charge in [0.1, 0.15) is 17.1 Å². The van der Waals surface area contributed by atoms with E-state index in [0.717, 1.165) is 12.8 Å². The number of piperidine rings is 1. The van der Waals surface area contributed by atoms with Crippen LogP contribution in [-0.2, 0) is 6.18 Å². The van der Waals surface area contributed by atoms with Crippen molar-refractivity contribution in [2.24, 2.45) is 5.92 Å². The number of alkyl halides is 3. The topological polar surface area (TPSA) is 88.8 Å². The molecule has 12 heteroatoms. The van der Waals surface area contributed by atoms with Gasteiger partial charge in [-0.3, -0.25) is 4.79 Å². The molecule has 1 aliphatic rings. The molecule has 0 aliphatic carbocycles. The van der Waals surface area contributed by atoms with Crippen LogP contribution < -0.4 is 5.32 Å². The summed E-state index contributed by atoms with van der Waals surface area (Å²) >= 11 is 0. The Balaban J connectivity index is 1.56. The molecule has 0 spiro atoms. The van der Waals surface area contributed by atoms with E-state index in [-0.39, 0.29) is 35.7 Å². The van der Waals surface area contributed by atoms with Crippen molar-refractivity contribution in [1.29, 1.82) is 0 Å². The van der Waals surface area contributed by atoms with Gasteiger partial charge < -0.3 is 10.2 Å². The number of aromatic nitrogens is 5. The molecule has 1 aromatic carbocycles. The van der Waals surface area contributed by atoms with E-state index in [0.29, 0.717) is 18.9 Å². The number of carbonyl (C=O) groups excluding carboxylic acids is 1. The van der Waals surface area contributed by atoms with Crippen molar-refractivity contribution < 1.29 is 22.4 Å². The summed E-state index contributed by atoms with van der Waals surface area (Å²) in [6, 6.07) is 3.89. The maximum atomic E-state index is 14.8. The molecular formula is C21H21F4N7O. The first-order valence-corrected chi connectivity index (χ1v) is 10.3. The van der Waals surface area contributed by atoms with Crippen LogP contribution in [0.5, 0.6) is 0 Å². The molecule has 2 atom stereocenters. The quantitative estimate of drug-likeness (QED) is 0.582. The average molecular weight is 463 g/mol. The number of hydrogen-bond donors (Lipinski definition) is 1. The van der Waals surface area contributed by atoms with Crippen LogP contribution in [0, 0.1) is 11.7 Å². The van der Waals surface area contributed by atoms with Crippen LogP contribution in [0.2, 0.25) is 0 Å². The van der Waals surface area contributed by atoms with Gasteiger partial charge in [0.15, 0.2) is 0 Å². The molecule has 0 saturated carbocycles. The van der Waals surface area contributed by atoms with Crippen LogP contribution in [0.1, 0.15) is 35.7 Å². The van der Waals surface area contributed by atoms with Gasteiger partial charge in [-0.15, -0.1) is 0 Å². The predicted octanol–water partition coefficient (Wildman–Crippen LogP) is 3.57. The maximum Gasteiger partial charge on any atom is 0.419 e. The fraction of sp³-hybridized carbons (Fsp3) is 0.381. The zero-order chi connectivity index (χ0) is 23.6. The van der Waals surface area contributed by atoms with E-state index in [4.69, 9.17) is 0 Å². The predicted molar refractivity (Wildman–Crippen MR) is 110 cm³/mol. The summed E-state index contributed by atoms with van der Waals surface area (Å²) in [5.41, 5.74) is -0.866. The highest BCUT2D eigenvalue weighted by Crippen LogP contribution is 2.29. The minimum atomic E-state index is -4.53. The number of hydrogen-bond acceptors (Lipinski definition) is 6. The minimum Gasteiger partial charge on any atom is -0.352 e. The van der Waals surface area contributed by atoms with Crippen molar-refractivity contribution >= 4 is 11.9 Å². The van der Waals surface area contributed by atoms with Crippen LogP contribution in [0.25, 0.3) is 5.69 Å².